The monoisotopic (exact) mass is 686 g/mol. The molecule has 2 fully saturated rings. The molecule has 1 aromatic carbocycles. The second kappa shape index (κ2) is 15.1. The van der Waals surface area contributed by atoms with Crippen molar-refractivity contribution in [1.82, 2.24) is 20.2 Å². The summed E-state index contributed by atoms with van der Waals surface area (Å²) in [6.07, 6.45) is 2.53. The van der Waals surface area contributed by atoms with Crippen LogP contribution in [0.5, 0.6) is 11.6 Å². The van der Waals surface area contributed by atoms with Gasteiger partial charge in [-0.25, -0.2) is 19.6 Å². The number of nitrogens with zero attached hydrogens (tertiary/aromatic N) is 3. The fourth-order valence-electron chi connectivity index (χ4n) is 6.70. The van der Waals surface area contributed by atoms with Gasteiger partial charge in [-0.15, -0.1) is 6.58 Å². The Hall–Kier alpha value is -4.29. The number of nitrogens with one attached hydrogen (secondary N) is 1. The summed E-state index contributed by atoms with van der Waals surface area (Å²) in [5.41, 5.74) is -1.16. The van der Waals surface area contributed by atoms with Crippen LogP contribution in [0.3, 0.4) is 0 Å². The molecule has 1 aliphatic carbocycles. The topological polar surface area (TPSA) is 129 Å². The third-order valence-electron chi connectivity index (χ3n) is 9.70. The number of alkyl halides is 2. The first kappa shape index (κ1) is 37.5. The Morgan fingerprint density at radius 2 is 1.82 bits per heavy atom. The number of methoxy groups -OCH3 is 2. The van der Waals surface area contributed by atoms with E-state index in [0.717, 1.165) is 12.8 Å². The van der Waals surface area contributed by atoms with Crippen LogP contribution < -0.4 is 14.8 Å². The lowest BCUT2D eigenvalue weighted by atomic mass is 9.85. The van der Waals surface area contributed by atoms with Crippen LogP contribution in [0.15, 0.2) is 43.5 Å². The number of carbonyl (C=O) groups excluding carboxylic acids is 3. The van der Waals surface area contributed by atoms with Gasteiger partial charge in [0.1, 0.15) is 30.0 Å². The molecular formula is C36H48F2N4O7. The number of rotatable bonds is 12. The van der Waals surface area contributed by atoms with Gasteiger partial charge in [-0.3, -0.25) is 4.79 Å². The first-order valence-corrected chi connectivity index (χ1v) is 16.5. The quantitative estimate of drug-likeness (QED) is 0.205. The molecule has 49 heavy (non-hydrogen) atoms. The molecule has 1 saturated heterocycles. The number of amides is 2. The van der Waals surface area contributed by atoms with Gasteiger partial charge in [-0.2, -0.15) is 8.78 Å². The molecule has 2 aromatic rings. The molecule has 2 heterocycles. The van der Waals surface area contributed by atoms with Gasteiger partial charge >= 0.3 is 18.0 Å². The highest BCUT2D eigenvalue weighted by Gasteiger charge is 2.48. The largest absolute Gasteiger partial charge is 0.497 e. The van der Waals surface area contributed by atoms with E-state index in [9.17, 15) is 14.4 Å². The summed E-state index contributed by atoms with van der Waals surface area (Å²) in [6.45, 7) is 16.5. The Morgan fingerprint density at radius 1 is 1.10 bits per heavy atom. The van der Waals surface area contributed by atoms with Crippen molar-refractivity contribution < 1.29 is 42.1 Å². The molecule has 1 N–H and O–H groups in total. The van der Waals surface area contributed by atoms with E-state index >= 15 is 8.78 Å². The van der Waals surface area contributed by atoms with Crippen molar-refractivity contribution in [3.63, 3.8) is 0 Å². The Balaban J connectivity index is 1.60. The van der Waals surface area contributed by atoms with Gasteiger partial charge in [0.2, 0.25) is 11.8 Å². The van der Waals surface area contributed by atoms with Crippen LogP contribution >= 0.6 is 0 Å². The Morgan fingerprint density at radius 3 is 2.43 bits per heavy atom. The SMILES string of the molecule is C=CCC[C@@H]1[C@@H](C)[C@@H](C)C[C@H]1OC(=O)N[C@H](C(=O)N1C[C@H](Oc2nc3cc(OC)ccc3nc2C(F)(F)C=C)C[C@H]1C(=O)OC)C(C)(C)C. The maximum Gasteiger partial charge on any atom is 0.408 e. The summed E-state index contributed by atoms with van der Waals surface area (Å²) in [5.74, 6) is -4.09. The number of ether oxygens (including phenoxy) is 4. The van der Waals surface area contributed by atoms with Crippen LogP contribution in [0, 0.1) is 23.2 Å². The van der Waals surface area contributed by atoms with Crippen LogP contribution in [-0.4, -0.2) is 77.9 Å². The van der Waals surface area contributed by atoms with E-state index < -0.39 is 59.1 Å². The smallest absolute Gasteiger partial charge is 0.408 e. The number of alkyl carbamates (subject to hydrolysis) is 1. The van der Waals surface area contributed by atoms with E-state index in [2.05, 4.69) is 42.3 Å². The van der Waals surface area contributed by atoms with Crippen LogP contribution in [0.1, 0.15) is 66.0 Å². The average molecular weight is 687 g/mol. The summed E-state index contributed by atoms with van der Waals surface area (Å²) in [6, 6.07) is 2.36. The average Bonchev–Trinajstić information content (AvgIpc) is 3.59. The van der Waals surface area contributed by atoms with Crippen molar-refractivity contribution in [2.45, 2.75) is 90.5 Å². The fourth-order valence-corrected chi connectivity index (χ4v) is 6.70. The Kier molecular flexibility index (Phi) is 11.6. The van der Waals surface area contributed by atoms with Crippen LogP contribution in [-0.2, 0) is 25.0 Å². The van der Waals surface area contributed by atoms with Gasteiger partial charge in [-0.1, -0.05) is 47.3 Å². The normalized spacial score (nSPS) is 24.6. The lowest BCUT2D eigenvalue weighted by molar-refractivity contribution is -0.152. The van der Waals surface area contributed by atoms with Gasteiger partial charge in [-0.05, 0) is 60.6 Å². The highest BCUT2D eigenvalue weighted by Crippen LogP contribution is 2.41. The molecule has 13 heteroatoms. The lowest BCUT2D eigenvalue weighted by Gasteiger charge is -2.35. The summed E-state index contributed by atoms with van der Waals surface area (Å²) in [4.78, 5) is 50.3. The van der Waals surface area contributed by atoms with Crippen molar-refractivity contribution >= 4 is 29.0 Å². The van der Waals surface area contributed by atoms with Crippen molar-refractivity contribution in [1.29, 1.82) is 0 Å². The van der Waals surface area contributed by atoms with Gasteiger partial charge in [0, 0.05) is 12.5 Å². The molecule has 0 spiro atoms. The second-order valence-electron chi connectivity index (χ2n) is 14.1. The van der Waals surface area contributed by atoms with Crippen LogP contribution in [0.4, 0.5) is 13.6 Å². The number of allylic oxidation sites excluding steroid dienone is 2. The third-order valence-corrected chi connectivity index (χ3v) is 9.70. The zero-order valence-corrected chi connectivity index (χ0v) is 29.3. The summed E-state index contributed by atoms with van der Waals surface area (Å²) >= 11 is 0. The minimum absolute atomic E-state index is 0.0838. The van der Waals surface area contributed by atoms with Gasteiger partial charge in [0.15, 0.2) is 5.69 Å². The molecule has 11 nitrogen and oxygen atoms in total. The molecule has 1 aliphatic heterocycles. The molecule has 1 saturated carbocycles. The van der Waals surface area contributed by atoms with Crippen LogP contribution in [0.2, 0.25) is 0 Å². The van der Waals surface area contributed by atoms with E-state index in [1.807, 2.05) is 6.08 Å². The minimum atomic E-state index is -3.60. The number of halogens is 2. The van der Waals surface area contributed by atoms with Crippen molar-refractivity contribution in [3.05, 3.63) is 49.2 Å². The summed E-state index contributed by atoms with van der Waals surface area (Å²) in [7, 11) is 2.65. The first-order chi connectivity index (χ1) is 23.0. The van der Waals surface area contributed by atoms with E-state index in [4.69, 9.17) is 18.9 Å². The highest BCUT2D eigenvalue weighted by molar-refractivity contribution is 5.91. The predicted octanol–water partition coefficient (Wildman–Crippen LogP) is 6.21. The standard InChI is InChI=1S/C36H48F2N4O7/c1-10-12-13-24-21(4)20(3)16-28(24)49-34(45)41-30(35(5,6)7)32(43)42-19-23(18-27(42)33(44)47-9)48-31-29(36(37,38)11-2)39-25-15-14-22(46-8)17-26(25)40-31/h10-11,14-15,17,20-21,23-24,27-28,30H,1-2,12-13,16,18-19H2,3-9H3,(H,41,45)/t20-,21-,23+,24+,27-,28+,30+/m0/s1. The Labute approximate surface area is 286 Å². The minimum Gasteiger partial charge on any atom is -0.497 e. The molecule has 2 aliphatic rings. The predicted molar refractivity (Wildman–Crippen MR) is 179 cm³/mol. The van der Waals surface area contributed by atoms with Crippen LogP contribution in [0.25, 0.3) is 11.0 Å². The lowest BCUT2D eigenvalue weighted by Crippen LogP contribution is -2.57. The van der Waals surface area contributed by atoms with Gasteiger partial charge < -0.3 is 29.2 Å². The second-order valence-corrected chi connectivity index (χ2v) is 14.1. The number of hydrogen-bond donors (Lipinski definition) is 1. The van der Waals surface area contributed by atoms with Crippen molar-refractivity contribution in [3.8, 4) is 11.6 Å². The third kappa shape index (κ3) is 8.30. The number of likely N-dealkylation sites (tertiary alicyclic amines) is 1. The van der Waals surface area contributed by atoms with E-state index in [0.29, 0.717) is 30.1 Å². The molecule has 7 atom stereocenters. The number of fused-ring (bicyclic) bond motifs is 1. The number of esters is 1. The summed E-state index contributed by atoms with van der Waals surface area (Å²) in [5, 5.41) is 2.77. The molecule has 0 unspecified atom stereocenters. The molecule has 4 rings (SSSR count). The maximum atomic E-state index is 15.1. The number of hydrogen-bond acceptors (Lipinski definition) is 9. The molecule has 2 amide bonds. The zero-order valence-electron chi connectivity index (χ0n) is 29.3. The van der Waals surface area contributed by atoms with Crippen molar-refractivity contribution in [2.75, 3.05) is 20.8 Å². The number of aromatic nitrogens is 2. The molecule has 0 radical (unpaired) electrons. The first-order valence-electron chi connectivity index (χ1n) is 16.5. The van der Waals surface area contributed by atoms with E-state index in [1.165, 1.54) is 31.3 Å². The van der Waals surface area contributed by atoms with Crippen molar-refractivity contribution in [2.24, 2.45) is 23.2 Å². The fraction of sp³-hybridized carbons (Fsp3) is 0.583. The number of carbonyl (C=O) groups is 3. The van der Waals surface area contributed by atoms with Gasteiger partial charge in [0.05, 0.1) is 31.8 Å². The number of benzene rings is 1. The molecule has 0 bridgehead atoms. The summed E-state index contributed by atoms with van der Waals surface area (Å²) < 4.78 is 52.3. The zero-order chi connectivity index (χ0) is 36.3. The van der Waals surface area contributed by atoms with E-state index in [-0.39, 0.29) is 36.0 Å². The molecule has 268 valence electrons. The Bertz CT molecular complexity index is 1560. The molecular weight excluding hydrogens is 638 g/mol. The van der Waals surface area contributed by atoms with Gasteiger partial charge in [0.25, 0.3) is 0 Å². The maximum absolute atomic E-state index is 15.1. The van der Waals surface area contributed by atoms with E-state index in [1.54, 1.807) is 26.8 Å². The molecule has 1 aromatic heterocycles. The highest BCUT2D eigenvalue weighted by atomic mass is 19.3.